The zero-order chi connectivity index (χ0) is 19.1. The largest absolute Gasteiger partial charge is 0.356 e. The highest BCUT2D eigenvalue weighted by atomic mass is 127. The predicted molar refractivity (Wildman–Crippen MR) is 126 cm³/mol. The molecule has 0 bridgehead atoms. The van der Waals surface area contributed by atoms with Crippen LogP contribution in [0.1, 0.15) is 56.9 Å². The van der Waals surface area contributed by atoms with Crippen molar-refractivity contribution in [2.24, 2.45) is 10.9 Å². The van der Waals surface area contributed by atoms with E-state index in [-0.39, 0.29) is 29.9 Å². The molecule has 1 saturated heterocycles. The van der Waals surface area contributed by atoms with Crippen LogP contribution in [0.15, 0.2) is 35.3 Å². The zero-order valence-electron chi connectivity index (χ0n) is 17.2. The Kier molecular flexibility index (Phi) is 9.55. The third kappa shape index (κ3) is 6.36. The molecular weight excluding hydrogens is 463 g/mol. The summed E-state index contributed by atoms with van der Waals surface area (Å²) in [5.74, 6) is 2.26. The first-order valence-corrected chi connectivity index (χ1v) is 10.5. The Morgan fingerprint density at radius 1 is 1.18 bits per heavy atom. The van der Waals surface area contributed by atoms with Crippen LogP contribution in [0.3, 0.4) is 0 Å². The molecule has 28 heavy (non-hydrogen) atoms. The molecule has 2 N–H and O–H groups in total. The van der Waals surface area contributed by atoms with Gasteiger partial charge in [0.05, 0.1) is 0 Å². The van der Waals surface area contributed by atoms with Crippen LogP contribution in [-0.4, -0.2) is 49.5 Å². The third-order valence-corrected chi connectivity index (χ3v) is 6.00. The van der Waals surface area contributed by atoms with Gasteiger partial charge in [-0.3, -0.25) is 9.79 Å². The first kappa shape index (κ1) is 23.0. The second-order valence-corrected chi connectivity index (χ2v) is 8.00. The molecule has 2 unspecified atom stereocenters. The number of carbonyl (C=O) groups is 1. The van der Waals surface area contributed by atoms with Crippen molar-refractivity contribution in [1.29, 1.82) is 0 Å². The van der Waals surface area contributed by atoms with Crippen molar-refractivity contribution >= 4 is 35.8 Å². The summed E-state index contributed by atoms with van der Waals surface area (Å²) in [6, 6.07) is 11.2. The van der Waals surface area contributed by atoms with E-state index in [2.05, 4.69) is 57.8 Å². The van der Waals surface area contributed by atoms with E-state index in [1.807, 2.05) is 7.05 Å². The van der Waals surface area contributed by atoms with Gasteiger partial charge in [0, 0.05) is 39.1 Å². The Labute approximate surface area is 186 Å². The van der Waals surface area contributed by atoms with Gasteiger partial charge < -0.3 is 15.5 Å². The summed E-state index contributed by atoms with van der Waals surface area (Å²) < 4.78 is 0. The first-order valence-electron chi connectivity index (χ1n) is 10.5. The molecule has 0 aromatic heterocycles. The van der Waals surface area contributed by atoms with Gasteiger partial charge in [-0.2, -0.15) is 0 Å². The van der Waals surface area contributed by atoms with E-state index in [0.717, 1.165) is 38.3 Å². The van der Waals surface area contributed by atoms with Gasteiger partial charge in [0.15, 0.2) is 5.96 Å². The minimum atomic E-state index is 0. The Balaban J connectivity index is 0.00000280. The number of rotatable bonds is 5. The summed E-state index contributed by atoms with van der Waals surface area (Å²) in [6.07, 6.45) is 6.39. The van der Waals surface area contributed by atoms with Gasteiger partial charge >= 0.3 is 0 Å². The second kappa shape index (κ2) is 11.6. The maximum atomic E-state index is 12.1. The number of benzene rings is 1. The molecule has 1 aromatic carbocycles. The molecule has 2 fully saturated rings. The summed E-state index contributed by atoms with van der Waals surface area (Å²) in [7, 11) is 1.83. The van der Waals surface area contributed by atoms with E-state index in [4.69, 9.17) is 0 Å². The van der Waals surface area contributed by atoms with Gasteiger partial charge in [0.25, 0.3) is 0 Å². The highest BCUT2D eigenvalue weighted by molar-refractivity contribution is 14.0. The number of likely N-dealkylation sites (tertiary alicyclic amines) is 1. The van der Waals surface area contributed by atoms with Crippen molar-refractivity contribution in [3.8, 4) is 0 Å². The van der Waals surface area contributed by atoms with E-state index >= 15 is 0 Å². The number of nitrogens with zero attached hydrogens (tertiary/aromatic N) is 2. The standard InChI is InChI=1S/C22H34N4O.HI/c1-17-16-26(15-13-20(17)18-8-4-3-5-9-18)22(23-2)24-14-12-21(27)25-19-10-6-7-11-19;/h3-5,8-9,17,19-20H,6-7,10-16H2,1-2H3,(H,23,24)(H,25,27);1H. The monoisotopic (exact) mass is 498 g/mol. The lowest BCUT2D eigenvalue weighted by Crippen LogP contribution is -2.48. The highest BCUT2D eigenvalue weighted by Crippen LogP contribution is 2.32. The lowest BCUT2D eigenvalue weighted by molar-refractivity contribution is -0.121. The Morgan fingerprint density at radius 2 is 1.89 bits per heavy atom. The second-order valence-electron chi connectivity index (χ2n) is 8.00. The number of amides is 1. The lowest BCUT2D eigenvalue weighted by Gasteiger charge is -2.39. The van der Waals surface area contributed by atoms with Crippen LogP contribution in [0.5, 0.6) is 0 Å². The molecule has 1 heterocycles. The molecule has 2 aliphatic rings. The van der Waals surface area contributed by atoms with Crippen molar-refractivity contribution in [3.63, 3.8) is 0 Å². The van der Waals surface area contributed by atoms with E-state index in [1.54, 1.807) is 0 Å². The minimum absolute atomic E-state index is 0. The average molecular weight is 498 g/mol. The fourth-order valence-corrected chi connectivity index (χ4v) is 4.52. The van der Waals surface area contributed by atoms with Gasteiger partial charge in [0.2, 0.25) is 5.91 Å². The topological polar surface area (TPSA) is 56.7 Å². The molecule has 0 radical (unpaired) electrons. The number of guanidine groups is 1. The van der Waals surface area contributed by atoms with Crippen LogP contribution in [0, 0.1) is 5.92 Å². The van der Waals surface area contributed by atoms with Crippen LogP contribution >= 0.6 is 24.0 Å². The first-order chi connectivity index (χ1) is 13.2. The zero-order valence-corrected chi connectivity index (χ0v) is 19.5. The maximum Gasteiger partial charge on any atom is 0.221 e. The normalized spacial score (nSPS) is 23.2. The molecular formula is C22H35IN4O. The predicted octanol–water partition coefficient (Wildman–Crippen LogP) is 3.75. The Morgan fingerprint density at radius 3 is 2.54 bits per heavy atom. The van der Waals surface area contributed by atoms with Gasteiger partial charge in [-0.15, -0.1) is 24.0 Å². The highest BCUT2D eigenvalue weighted by Gasteiger charge is 2.28. The van der Waals surface area contributed by atoms with Crippen molar-refractivity contribution in [2.75, 3.05) is 26.7 Å². The molecule has 3 rings (SSSR count). The van der Waals surface area contributed by atoms with Crippen molar-refractivity contribution in [3.05, 3.63) is 35.9 Å². The van der Waals surface area contributed by atoms with Crippen molar-refractivity contribution < 1.29 is 4.79 Å². The number of nitrogens with one attached hydrogen (secondary N) is 2. The summed E-state index contributed by atoms with van der Waals surface area (Å²) in [5.41, 5.74) is 1.44. The molecule has 2 atom stereocenters. The van der Waals surface area contributed by atoms with Crippen molar-refractivity contribution in [1.82, 2.24) is 15.5 Å². The van der Waals surface area contributed by atoms with E-state index < -0.39 is 0 Å². The molecule has 5 nitrogen and oxygen atoms in total. The molecule has 156 valence electrons. The molecule has 6 heteroatoms. The van der Waals surface area contributed by atoms with E-state index in [1.165, 1.54) is 18.4 Å². The molecule has 1 aliphatic carbocycles. The van der Waals surface area contributed by atoms with Crippen molar-refractivity contribution in [2.45, 2.75) is 57.4 Å². The quantitative estimate of drug-likeness (QED) is 0.370. The molecule has 0 spiro atoms. The summed E-state index contributed by atoms with van der Waals surface area (Å²) >= 11 is 0. The SMILES string of the molecule is CN=C(NCCC(=O)NC1CCCC1)N1CCC(c2ccccc2)C(C)C1.I. The van der Waals surface area contributed by atoms with Crippen LogP contribution < -0.4 is 10.6 Å². The van der Waals surface area contributed by atoms with Gasteiger partial charge in [-0.25, -0.2) is 0 Å². The van der Waals surface area contributed by atoms with E-state index in [0.29, 0.717) is 30.8 Å². The fourth-order valence-electron chi connectivity index (χ4n) is 4.52. The fraction of sp³-hybridized carbons (Fsp3) is 0.636. The lowest BCUT2D eigenvalue weighted by atomic mass is 9.82. The summed E-state index contributed by atoms with van der Waals surface area (Å²) in [5, 5.41) is 6.53. The van der Waals surface area contributed by atoms with Gasteiger partial charge in [0.1, 0.15) is 0 Å². The number of carbonyl (C=O) groups excluding carboxylic acids is 1. The van der Waals surface area contributed by atoms with Crippen LogP contribution in [-0.2, 0) is 4.79 Å². The minimum Gasteiger partial charge on any atom is -0.356 e. The molecule has 1 saturated carbocycles. The van der Waals surface area contributed by atoms with Crippen LogP contribution in [0.2, 0.25) is 0 Å². The number of aliphatic imine (C=N–C) groups is 1. The van der Waals surface area contributed by atoms with Crippen LogP contribution in [0.25, 0.3) is 0 Å². The molecule has 1 aromatic rings. The number of halogens is 1. The third-order valence-electron chi connectivity index (χ3n) is 6.00. The van der Waals surface area contributed by atoms with E-state index in [9.17, 15) is 4.79 Å². The molecule has 1 aliphatic heterocycles. The number of hydrogen-bond acceptors (Lipinski definition) is 2. The summed E-state index contributed by atoms with van der Waals surface area (Å²) in [6.45, 7) is 4.95. The number of hydrogen-bond donors (Lipinski definition) is 2. The van der Waals surface area contributed by atoms with Crippen LogP contribution in [0.4, 0.5) is 0 Å². The summed E-state index contributed by atoms with van der Waals surface area (Å²) in [4.78, 5) is 18.9. The smallest absolute Gasteiger partial charge is 0.221 e. The van der Waals surface area contributed by atoms with Gasteiger partial charge in [-0.1, -0.05) is 50.1 Å². The van der Waals surface area contributed by atoms with Gasteiger partial charge in [-0.05, 0) is 36.7 Å². The average Bonchev–Trinajstić information content (AvgIpc) is 3.19. The Hall–Kier alpha value is -1.31. The number of piperidine rings is 1. The molecule has 1 amide bonds. The maximum absolute atomic E-state index is 12.1. The Bertz CT molecular complexity index is 631.